The lowest BCUT2D eigenvalue weighted by Gasteiger charge is -2.20. The Bertz CT molecular complexity index is 657. The largest absolute Gasteiger partial charge is 0.324 e. The van der Waals surface area contributed by atoms with E-state index in [0.717, 1.165) is 12.1 Å². The molecular weight excluding hydrogens is 345 g/mol. The van der Waals surface area contributed by atoms with Crippen molar-refractivity contribution in [3.63, 3.8) is 0 Å². The van der Waals surface area contributed by atoms with E-state index >= 15 is 0 Å². The number of carbonyl (C=O) groups is 1. The van der Waals surface area contributed by atoms with E-state index in [9.17, 15) is 4.79 Å². The Morgan fingerprint density at radius 2 is 1.71 bits per heavy atom. The lowest BCUT2D eigenvalue weighted by molar-refractivity contribution is -0.118. The van der Waals surface area contributed by atoms with Crippen molar-refractivity contribution in [1.29, 1.82) is 0 Å². The first-order chi connectivity index (χ1) is 11.5. The summed E-state index contributed by atoms with van der Waals surface area (Å²) >= 11 is 12.0. The number of hydrogen-bond acceptors (Lipinski definition) is 3. The van der Waals surface area contributed by atoms with Crippen molar-refractivity contribution in [2.45, 2.75) is 6.04 Å². The van der Waals surface area contributed by atoms with Gasteiger partial charge in [-0.3, -0.25) is 4.79 Å². The molecule has 128 valence electrons. The van der Waals surface area contributed by atoms with Crippen LogP contribution >= 0.6 is 23.2 Å². The molecule has 0 heterocycles. The van der Waals surface area contributed by atoms with Crippen LogP contribution in [0.5, 0.6) is 0 Å². The quantitative estimate of drug-likeness (QED) is 0.783. The van der Waals surface area contributed by atoms with E-state index in [-0.39, 0.29) is 5.91 Å². The van der Waals surface area contributed by atoms with Crippen LogP contribution in [0.15, 0.2) is 48.5 Å². The van der Waals surface area contributed by atoms with Gasteiger partial charge in [0.15, 0.2) is 0 Å². The first kappa shape index (κ1) is 18.7. The number of halogens is 2. The van der Waals surface area contributed by atoms with Crippen LogP contribution in [0.2, 0.25) is 10.0 Å². The van der Waals surface area contributed by atoms with Gasteiger partial charge in [-0.2, -0.15) is 0 Å². The van der Waals surface area contributed by atoms with Crippen LogP contribution in [-0.4, -0.2) is 38.0 Å². The van der Waals surface area contributed by atoms with Crippen LogP contribution < -0.4 is 10.6 Å². The minimum atomic E-state index is -0.455. The second-order valence-electron chi connectivity index (χ2n) is 5.75. The van der Waals surface area contributed by atoms with Crippen molar-refractivity contribution < 1.29 is 4.79 Å². The Morgan fingerprint density at radius 3 is 2.29 bits per heavy atom. The minimum absolute atomic E-state index is 0.154. The molecule has 2 aromatic carbocycles. The molecule has 0 bridgehead atoms. The first-order valence-corrected chi connectivity index (χ1v) is 8.41. The molecule has 0 spiro atoms. The number of amides is 1. The standard InChI is InChI=1S/C18H21Cl2N3O/c1-23(2)9-8-21-17(13-6-4-3-5-7-13)18(24)22-16-11-14(19)10-15(20)12-16/h3-7,10-12,17,21H,8-9H2,1-2H3,(H,22,24)/t17-/m1/s1. The first-order valence-electron chi connectivity index (χ1n) is 7.66. The van der Waals surface area contributed by atoms with Gasteiger partial charge in [-0.15, -0.1) is 0 Å². The summed E-state index contributed by atoms with van der Waals surface area (Å²) in [5.74, 6) is -0.154. The fraction of sp³-hybridized carbons (Fsp3) is 0.278. The molecule has 4 nitrogen and oxygen atoms in total. The Hall–Kier alpha value is -1.59. The van der Waals surface area contributed by atoms with E-state index in [0.29, 0.717) is 22.3 Å². The molecule has 2 rings (SSSR count). The fourth-order valence-electron chi connectivity index (χ4n) is 2.28. The molecule has 0 radical (unpaired) electrons. The summed E-state index contributed by atoms with van der Waals surface area (Å²) in [5.41, 5.74) is 1.48. The summed E-state index contributed by atoms with van der Waals surface area (Å²) in [6.07, 6.45) is 0. The van der Waals surface area contributed by atoms with Gasteiger partial charge < -0.3 is 15.5 Å². The molecule has 0 fully saturated rings. The highest BCUT2D eigenvalue weighted by molar-refractivity contribution is 6.35. The Labute approximate surface area is 152 Å². The number of likely N-dealkylation sites (N-methyl/N-ethyl adjacent to an activating group) is 1. The lowest BCUT2D eigenvalue weighted by Crippen LogP contribution is -2.36. The van der Waals surface area contributed by atoms with Crippen LogP contribution in [0.3, 0.4) is 0 Å². The molecule has 0 aromatic heterocycles. The molecule has 0 aliphatic heterocycles. The zero-order chi connectivity index (χ0) is 17.5. The van der Waals surface area contributed by atoms with E-state index in [1.54, 1.807) is 18.2 Å². The van der Waals surface area contributed by atoms with Crippen molar-refractivity contribution in [3.05, 3.63) is 64.1 Å². The highest BCUT2D eigenvalue weighted by atomic mass is 35.5. The van der Waals surface area contributed by atoms with Gasteiger partial charge in [0.25, 0.3) is 0 Å². The highest BCUT2D eigenvalue weighted by Crippen LogP contribution is 2.23. The van der Waals surface area contributed by atoms with E-state index < -0.39 is 6.04 Å². The topological polar surface area (TPSA) is 44.4 Å². The Morgan fingerprint density at radius 1 is 1.08 bits per heavy atom. The van der Waals surface area contributed by atoms with Gasteiger partial charge in [0, 0.05) is 28.8 Å². The predicted molar refractivity (Wildman–Crippen MR) is 101 cm³/mol. The van der Waals surface area contributed by atoms with Crippen molar-refractivity contribution in [2.75, 3.05) is 32.5 Å². The molecule has 2 N–H and O–H groups in total. The molecule has 1 amide bonds. The van der Waals surface area contributed by atoms with Gasteiger partial charge in [0.1, 0.15) is 6.04 Å². The highest BCUT2D eigenvalue weighted by Gasteiger charge is 2.20. The summed E-state index contributed by atoms with van der Waals surface area (Å²) < 4.78 is 0. The number of carbonyl (C=O) groups excluding carboxylic acids is 1. The summed E-state index contributed by atoms with van der Waals surface area (Å²) in [6.45, 7) is 1.52. The third-order valence-corrected chi connectivity index (χ3v) is 3.87. The molecule has 2 aromatic rings. The molecule has 0 saturated carbocycles. The van der Waals surface area contributed by atoms with Gasteiger partial charge in [-0.1, -0.05) is 53.5 Å². The van der Waals surface area contributed by atoms with E-state index in [4.69, 9.17) is 23.2 Å². The van der Waals surface area contributed by atoms with Crippen molar-refractivity contribution in [3.8, 4) is 0 Å². The SMILES string of the molecule is CN(C)CCN[C@@H](C(=O)Nc1cc(Cl)cc(Cl)c1)c1ccccc1. The van der Waals surface area contributed by atoms with E-state index in [1.807, 2.05) is 44.4 Å². The van der Waals surface area contributed by atoms with Gasteiger partial charge >= 0.3 is 0 Å². The smallest absolute Gasteiger partial charge is 0.246 e. The average molecular weight is 366 g/mol. The maximum Gasteiger partial charge on any atom is 0.246 e. The monoisotopic (exact) mass is 365 g/mol. The van der Waals surface area contributed by atoms with Crippen LogP contribution in [0, 0.1) is 0 Å². The summed E-state index contributed by atoms with van der Waals surface area (Å²) in [6, 6.07) is 14.1. The maximum absolute atomic E-state index is 12.7. The normalized spacial score (nSPS) is 12.2. The van der Waals surface area contributed by atoms with Gasteiger partial charge in [0.2, 0.25) is 5.91 Å². The van der Waals surface area contributed by atoms with Crippen molar-refractivity contribution >= 4 is 34.8 Å². The zero-order valence-corrected chi connectivity index (χ0v) is 15.2. The third kappa shape index (κ3) is 5.80. The summed E-state index contributed by atoms with van der Waals surface area (Å²) in [7, 11) is 3.99. The number of benzene rings is 2. The number of anilines is 1. The molecular formula is C18H21Cl2N3O. The average Bonchev–Trinajstić information content (AvgIpc) is 2.51. The van der Waals surface area contributed by atoms with Gasteiger partial charge in [-0.05, 0) is 37.9 Å². The lowest BCUT2D eigenvalue weighted by atomic mass is 10.1. The molecule has 6 heteroatoms. The Kier molecular flexibility index (Phi) is 7.06. The number of nitrogens with zero attached hydrogens (tertiary/aromatic N) is 1. The van der Waals surface area contributed by atoms with Gasteiger partial charge in [-0.25, -0.2) is 0 Å². The third-order valence-electron chi connectivity index (χ3n) is 3.43. The van der Waals surface area contributed by atoms with Crippen LogP contribution in [0.4, 0.5) is 5.69 Å². The second kappa shape index (κ2) is 9.04. The molecule has 0 aliphatic carbocycles. The van der Waals surface area contributed by atoms with Gasteiger partial charge in [0.05, 0.1) is 0 Å². The predicted octanol–water partition coefficient (Wildman–Crippen LogP) is 3.82. The van der Waals surface area contributed by atoms with Crippen LogP contribution in [0.1, 0.15) is 11.6 Å². The summed E-state index contributed by atoms with van der Waals surface area (Å²) in [4.78, 5) is 14.8. The van der Waals surface area contributed by atoms with Crippen LogP contribution in [-0.2, 0) is 4.79 Å². The number of rotatable bonds is 7. The van der Waals surface area contributed by atoms with Crippen molar-refractivity contribution in [2.24, 2.45) is 0 Å². The van der Waals surface area contributed by atoms with Crippen molar-refractivity contribution in [1.82, 2.24) is 10.2 Å². The molecule has 1 atom stereocenters. The molecule has 0 unspecified atom stereocenters. The molecule has 0 saturated heterocycles. The zero-order valence-electron chi connectivity index (χ0n) is 13.7. The fourth-order valence-corrected chi connectivity index (χ4v) is 2.81. The number of nitrogens with one attached hydrogen (secondary N) is 2. The van der Waals surface area contributed by atoms with E-state index in [1.165, 1.54) is 0 Å². The number of hydrogen-bond donors (Lipinski definition) is 2. The summed E-state index contributed by atoms with van der Waals surface area (Å²) in [5, 5.41) is 7.14. The Balaban J connectivity index is 2.14. The molecule has 24 heavy (non-hydrogen) atoms. The maximum atomic E-state index is 12.7. The van der Waals surface area contributed by atoms with E-state index in [2.05, 4.69) is 15.5 Å². The second-order valence-corrected chi connectivity index (χ2v) is 6.62. The van der Waals surface area contributed by atoms with Crippen LogP contribution in [0.25, 0.3) is 0 Å². The molecule has 0 aliphatic rings. The minimum Gasteiger partial charge on any atom is -0.324 e.